The van der Waals surface area contributed by atoms with Crippen molar-refractivity contribution in [3.63, 3.8) is 0 Å². The maximum absolute atomic E-state index is 9.37. The number of phenolic OH excluding ortho intramolecular Hbond substituents is 1. The van der Waals surface area contributed by atoms with E-state index in [2.05, 4.69) is 29.6 Å². The molecule has 1 heterocycles. The van der Waals surface area contributed by atoms with Crippen LogP contribution in [0.25, 0.3) is 10.8 Å². The molecule has 0 aliphatic carbocycles. The fraction of sp³-hybridized carbons (Fsp3) is 0.111. The van der Waals surface area contributed by atoms with E-state index in [9.17, 15) is 5.11 Å². The highest BCUT2D eigenvalue weighted by molar-refractivity contribution is 5.87. The van der Waals surface area contributed by atoms with Crippen molar-refractivity contribution in [2.45, 2.75) is 6.42 Å². The maximum atomic E-state index is 9.37. The van der Waals surface area contributed by atoms with Crippen molar-refractivity contribution in [2.75, 3.05) is 11.9 Å². The van der Waals surface area contributed by atoms with Crippen molar-refractivity contribution in [3.05, 3.63) is 72.3 Å². The van der Waals surface area contributed by atoms with Crippen molar-refractivity contribution in [1.82, 2.24) is 0 Å². The number of hydrogen-bond donors (Lipinski definition) is 2. The third-order valence-corrected chi connectivity index (χ3v) is 3.49. The molecule has 0 radical (unpaired) electrons. The van der Waals surface area contributed by atoms with Crippen molar-refractivity contribution in [2.24, 2.45) is 0 Å². The molecule has 0 atom stereocenters. The monoisotopic (exact) mass is 263 g/mol. The Morgan fingerprint density at radius 1 is 0.800 bits per heavy atom. The SMILES string of the molecule is Oc1cccc2ccccc12.c1ccc2c(c1)CCN2. The highest BCUT2D eigenvalue weighted by atomic mass is 16.3. The van der Waals surface area contributed by atoms with Crippen LogP contribution in [0.5, 0.6) is 5.75 Å². The summed E-state index contributed by atoms with van der Waals surface area (Å²) in [6, 6.07) is 21.7. The summed E-state index contributed by atoms with van der Waals surface area (Å²) in [4.78, 5) is 0. The van der Waals surface area contributed by atoms with Gasteiger partial charge in [-0.3, -0.25) is 0 Å². The minimum atomic E-state index is 0.350. The molecule has 0 bridgehead atoms. The first-order valence-electron chi connectivity index (χ1n) is 6.83. The van der Waals surface area contributed by atoms with E-state index in [4.69, 9.17) is 0 Å². The van der Waals surface area contributed by atoms with E-state index in [1.54, 1.807) is 6.07 Å². The maximum Gasteiger partial charge on any atom is 0.123 e. The molecule has 0 unspecified atom stereocenters. The molecule has 4 rings (SSSR count). The fourth-order valence-corrected chi connectivity index (χ4v) is 2.45. The van der Waals surface area contributed by atoms with Gasteiger partial charge >= 0.3 is 0 Å². The highest BCUT2D eigenvalue weighted by Crippen LogP contribution is 2.23. The quantitative estimate of drug-likeness (QED) is 0.637. The van der Waals surface area contributed by atoms with E-state index < -0.39 is 0 Å². The van der Waals surface area contributed by atoms with Crippen LogP contribution in [-0.4, -0.2) is 11.7 Å². The standard InChI is InChI=1S/C10H8O.C8H9N/c11-10-7-3-5-8-4-1-2-6-9(8)10;1-2-4-8-7(3-1)5-6-9-8/h1-7,11H;1-4,9H,5-6H2. The van der Waals surface area contributed by atoms with Gasteiger partial charge in [-0.05, 0) is 29.5 Å². The average molecular weight is 263 g/mol. The van der Waals surface area contributed by atoms with Crippen molar-refractivity contribution in [3.8, 4) is 5.75 Å². The Morgan fingerprint density at radius 2 is 1.55 bits per heavy atom. The Balaban J connectivity index is 0.000000123. The van der Waals surface area contributed by atoms with Gasteiger partial charge in [-0.25, -0.2) is 0 Å². The van der Waals surface area contributed by atoms with Crippen LogP contribution in [0.1, 0.15) is 5.56 Å². The predicted molar refractivity (Wildman–Crippen MR) is 84.2 cm³/mol. The van der Waals surface area contributed by atoms with Crippen LogP contribution in [-0.2, 0) is 6.42 Å². The zero-order valence-corrected chi connectivity index (χ0v) is 11.2. The number of nitrogens with one attached hydrogen (secondary N) is 1. The molecule has 20 heavy (non-hydrogen) atoms. The lowest BCUT2D eigenvalue weighted by atomic mass is 10.1. The van der Waals surface area contributed by atoms with Crippen LogP contribution >= 0.6 is 0 Å². The lowest BCUT2D eigenvalue weighted by Crippen LogP contribution is -1.90. The summed E-state index contributed by atoms with van der Waals surface area (Å²) >= 11 is 0. The smallest absolute Gasteiger partial charge is 0.123 e. The minimum Gasteiger partial charge on any atom is -0.507 e. The van der Waals surface area contributed by atoms with E-state index in [0.29, 0.717) is 5.75 Å². The second-order valence-corrected chi connectivity index (χ2v) is 4.83. The van der Waals surface area contributed by atoms with E-state index in [1.165, 1.54) is 17.7 Å². The van der Waals surface area contributed by atoms with Gasteiger partial charge in [0.2, 0.25) is 0 Å². The lowest BCUT2D eigenvalue weighted by molar-refractivity contribution is 0.481. The second-order valence-electron chi connectivity index (χ2n) is 4.83. The molecule has 3 aromatic carbocycles. The van der Waals surface area contributed by atoms with Gasteiger partial charge in [-0.2, -0.15) is 0 Å². The van der Waals surface area contributed by atoms with E-state index in [1.807, 2.05) is 36.4 Å². The predicted octanol–water partition coefficient (Wildman–Crippen LogP) is 4.20. The molecule has 1 aliphatic heterocycles. The van der Waals surface area contributed by atoms with Gasteiger partial charge in [0.15, 0.2) is 0 Å². The first-order chi connectivity index (χ1) is 9.84. The van der Waals surface area contributed by atoms with Crippen LogP contribution in [0.4, 0.5) is 5.69 Å². The number of aromatic hydroxyl groups is 1. The first-order valence-corrected chi connectivity index (χ1v) is 6.83. The van der Waals surface area contributed by atoms with Crippen LogP contribution in [0.3, 0.4) is 0 Å². The zero-order valence-electron chi connectivity index (χ0n) is 11.2. The van der Waals surface area contributed by atoms with Gasteiger partial charge < -0.3 is 10.4 Å². The topological polar surface area (TPSA) is 32.3 Å². The minimum absolute atomic E-state index is 0.350. The number of rotatable bonds is 0. The van der Waals surface area contributed by atoms with Gasteiger partial charge in [0.25, 0.3) is 0 Å². The van der Waals surface area contributed by atoms with Crippen LogP contribution in [0.15, 0.2) is 66.7 Å². The first kappa shape index (κ1) is 12.5. The summed E-state index contributed by atoms with van der Waals surface area (Å²) in [5, 5.41) is 14.7. The third-order valence-electron chi connectivity index (χ3n) is 3.49. The van der Waals surface area contributed by atoms with Crippen LogP contribution in [0, 0.1) is 0 Å². The number of para-hydroxylation sites is 1. The molecule has 0 fully saturated rings. The molecule has 1 aliphatic rings. The molecule has 0 amide bonds. The average Bonchev–Trinajstić information content (AvgIpc) is 2.97. The number of benzene rings is 3. The Kier molecular flexibility index (Phi) is 3.55. The van der Waals surface area contributed by atoms with Gasteiger partial charge in [-0.15, -0.1) is 0 Å². The number of anilines is 1. The summed E-state index contributed by atoms with van der Waals surface area (Å²) in [6.07, 6.45) is 1.19. The summed E-state index contributed by atoms with van der Waals surface area (Å²) in [5.74, 6) is 0.350. The molecular formula is C18H17NO. The fourth-order valence-electron chi connectivity index (χ4n) is 2.45. The molecule has 0 saturated carbocycles. The summed E-state index contributed by atoms with van der Waals surface area (Å²) in [6.45, 7) is 1.11. The molecule has 0 aromatic heterocycles. The molecule has 3 aromatic rings. The Labute approximate surface area is 118 Å². The highest BCUT2D eigenvalue weighted by Gasteiger charge is 2.05. The van der Waals surface area contributed by atoms with Crippen molar-refractivity contribution in [1.29, 1.82) is 0 Å². The van der Waals surface area contributed by atoms with Gasteiger partial charge in [-0.1, -0.05) is 54.6 Å². The van der Waals surface area contributed by atoms with Gasteiger partial charge in [0.05, 0.1) is 0 Å². The van der Waals surface area contributed by atoms with Gasteiger partial charge in [0, 0.05) is 17.6 Å². The largest absolute Gasteiger partial charge is 0.507 e. The van der Waals surface area contributed by atoms with Crippen molar-refractivity contribution < 1.29 is 5.11 Å². The van der Waals surface area contributed by atoms with E-state index >= 15 is 0 Å². The van der Waals surface area contributed by atoms with Crippen molar-refractivity contribution >= 4 is 16.5 Å². The van der Waals surface area contributed by atoms with Crippen LogP contribution < -0.4 is 5.32 Å². The van der Waals surface area contributed by atoms with Gasteiger partial charge in [0.1, 0.15) is 5.75 Å². The van der Waals surface area contributed by atoms with E-state index in [-0.39, 0.29) is 0 Å². The Bertz CT molecular complexity index is 693. The normalized spacial score (nSPS) is 12.2. The Morgan fingerprint density at radius 3 is 2.40 bits per heavy atom. The summed E-state index contributed by atoms with van der Waals surface area (Å²) in [7, 11) is 0. The second kappa shape index (κ2) is 5.66. The molecular weight excluding hydrogens is 246 g/mol. The van der Waals surface area contributed by atoms with Crippen LogP contribution in [0.2, 0.25) is 0 Å². The number of phenols is 1. The molecule has 100 valence electrons. The van der Waals surface area contributed by atoms with E-state index in [0.717, 1.165) is 17.3 Å². The molecule has 2 N–H and O–H groups in total. The molecule has 2 heteroatoms. The molecule has 0 saturated heterocycles. The zero-order chi connectivity index (χ0) is 13.8. The molecule has 2 nitrogen and oxygen atoms in total. The summed E-state index contributed by atoms with van der Waals surface area (Å²) < 4.78 is 0. The lowest BCUT2D eigenvalue weighted by Gasteiger charge is -1.97. The Hall–Kier alpha value is -2.48. The summed E-state index contributed by atoms with van der Waals surface area (Å²) in [5.41, 5.74) is 2.77. The molecule has 0 spiro atoms. The number of hydrogen-bond acceptors (Lipinski definition) is 2. The number of fused-ring (bicyclic) bond motifs is 2. The third kappa shape index (κ3) is 2.59.